The van der Waals surface area contributed by atoms with E-state index in [0.717, 1.165) is 16.1 Å². The van der Waals surface area contributed by atoms with Crippen molar-refractivity contribution in [2.45, 2.75) is 19.8 Å². The Kier molecular flexibility index (Phi) is 5.09. The van der Waals surface area contributed by atoms with Crippen molar-refractivity contribution in [3.8, 4) is 11.3 Å². The number of anilines is 1. The van der Waals surface area contributed by atoms with Crippen LogP contribution >= 0.6 is 22.9 Å². The number of hydrogen-bond donors (Lipinski definition) is 1. The van der Waals surface area contributed by atoms with Gasteiger partial charge in [-0.2, -0.15) is 0 Å². The highest BCUT2D eigenvalue weighted by Crippen LogP contribution is 2.30. The number of rotatable bonds is 5. The van der Waals surface area contributed by atoms with E-state index < -0.39 is 0 Å². The largest absolute Gasteiger partial charge is 0.302 e. The van der Waals surface area contributed by atoms with Crippen molar-refractivity contribution in [2.75, 3.05) is 11.2 Å². The molecule has 1 amide bonds. The molecule has 0 saturated heterocycles. The number of carbonyl (C=O) groups is 1. The fourth-order valence-corrected chi connectivity index (χ4v) is 2.72. The summed E-state index contributed by atoms with van der Waals surface area (Å²) in [6.07, 6.45) is 1.02. The summed E-state index contributed by atoms with van der Waals surface area (Å²) in [5.74, 6) is 0.0896. The number of carbonyl (C=O) groups excluding carboxylic acids is 1. The minimum absolute atomic E-state index is 0.0925. The molecule has 0 bridgehead atoms. The van der Waals surface area contributed by atoms with Gasteiger partial charge in [0.2, 0.25) is 5.91 Å². The first-order valence-electron chi connectivity index (χ1n) is 6.19. The van der Waals surface area contributed by atoms with Gasteiger partial charge in [-0.1, -0.05) is 0 Å². The van der Waals surface area contributed by atoms with Crippen molar-refractivity contribution in [1.82, 2.24) is 4.98 Å². The van der Waals surface area contributed by atoms with Gasteiger partial charge in [-0.25, -0.2) is 9.37 Å². The van der Waals surface area contributed by atoms with Gasteiger partial charge in [0, 0.05) is 22.7 Å². The maximum atomic E-state index is 12.9. The molecule has 0 aliphatic carbocycles. The van der Waals surface area contributed by atoms with E-state index in [0.29, 0.717) is 23.9 Å². The van der Waals surface area contributed by atoms with Crippen molar-refractivity contribution in [3.63, 3.8) is 0 Å². The maximum Gasteiger partial charge on any atom is 0.226 e. The lowest BCUT2D eigenvalue weighted by atomic mass is 10.1. The van der Waals surface area contributed by atoms with E-state index in [1.54, 1.807) is 12.1 Å². The van der Waals surface area contributed by atoms with Crippen LogP contribution in [0.2, 0.25) is 0 Å². The zero-order valence-corrected chi connectivity index (χ0v) is 12.5. The molecule has 0 radical (unpaired) electrons. The second kappa shape index (κ2) is 6.81. The lowest BCUT2D eigenvalue weighted by Crippen LogP contribution is -2.10. The zero-order chi connectivity index (χ0) is 14.5. The zero-order valence-electron chi connectivity index (χ0n) is 11.0. The number of aromatic nitrogens is 1. The standard InChI is InChI=1S/C14H14ClFN2OS/c1-9-13(10-4-6-11(16)7-5-10)18-14(20-9)17-12(19)3-2-8-15/h4-7H,2-3,8H2,1H3,(H,17,18,19). The van der Waals surface area contributed by atoms with Crippen molar-refractivity contribution in [2.24, 2.45) is 0 Å². The van der Waals surface area contributed by atoms with Gasteiger partial charge in [-0.05, 0) is 37.6 Å². The van der Waals surface area contributed by atoms with Gasteiger partial charge in [-0.15, -0.1) is 22.9 Å². The highest BCUT2D eigenvalue weighted by Gasteiger charge is 2.11. The molecule has 2 aromatic rings. The van der Waals surface area contributed by atoms with Crippen LogP contribution in [0.1, 0.15) is 17.7 Å². The lowest BCUT2D eigenvalue weighted by molar-refractivity contribution is -0.116. The second-order valence-electron chi connectivity index (χ2n) is 4.27. The van der Waals surface area contributed by atoms with Crippen LogP contribution in [-0.2, 0) is 4.79 Å². The van der Waals surface area contributed by atoms with E-state index in [1.165, 1.54) is 23.5 Å². The van der Waals surface area contributed by atoms with Crippen LogP contribution in [0.5, 0.6) is 0 Å². The molecular weight excluding hydrogens is 299 g/mol. The summed E-state index contributed by atoms with van der Waals surface area (Å²) in [6.45, 7) is 1.92. The summed E-state index contributed by atoms with van der Waals surface area (Å²) in [7, 11) is 0. The van der Waals surface area contributed by atoms with Crippen LogP contribution in [0.25, 0.3) is 11.3 Å². The Morgan fingerprint density at radius 3 is 2.75 bits per heavy atom. The van der Waals surface area contributed by atoms with Crippen LogP contribution in [0.4, 0.5) is 9.52 Å². The number of hydrogen-bond acceptors (Lipinski definition) is 3. The molecule has 6 heteroatoms. The van der Waals surface area contributed by atoms with Crippen LogP contribution in [-0.4, -0.2) is 16.8 Å². The fourth-order valence-electron chi connectivity index (χ4n) is 1.73. The molecule has 0 saturated carbocycles. The molecule has 0 fully saturated rings. The quantitative estimate of drug-likeness (QED) is 0.840. The molecule has 1 aromatic heterocycles. The molecule has 106 valence electrons. The van der Waals surface area contributed by atoms with Crippen LogP contribution in [0.3, 0.4) is 0 Å². The van der Waals surface area contributed by atoms with E-state index in [9.17, 15) is 9.18 Å². The molecule has 1 N–H and O–H groups in total. The topological polar surface area (TPSA) is 42.0 Å². The van der Waals surface area contributed by atoms with Crippen LogP contribution < -0.4 is 5.32 Å². The van der Waals surface area contributed by atoms with E-state index in [-0.39, 0.29) is 11.7 Å². The maximum absolute atomic E-state index is 12.9. The third kappa shape index (κ3) is 3.77. The van der Waals surface area contributed by atoms with Gasteiger partial charge >= 0.3 is 0 Å². The van der Waals surface area contributed by atoms with Crippen LogP contribution in [0, 0.1) is 12.7 Å². The van der Waals surface area contributed by atoms with E-state index in [1.807, 2.05) is 6.92 Å². The summed E-state index contributed by atoms with van der Waals surface area (Å²) in [4.78, 5) is 17.0. The Morgan fingerprint density at radius 2 is 2.10 bits per heavy atom. The molecule has 0 aliphatic rings. The fraction of sp³-hybridized carbons (Fsp3) is 0.286. The van der Waals surface area contributed by atoms with Gasteiger partial charge < -0.3 is 5.32 Å². The molecule has 0 spiro atoms. The average Bonchev–Trinajstić information content (AvgIpc) is 2.78. The predicted molar refractivity (Wildman–Crippen MR) is 80.8 cm³/mol. The Balaban J connectivity index is 2.13. The first kappa shape index (κ1) is 14.9. The van der Waals surface area contributed by atoms with Crippen molar-refractivity contribution < 1.29 is 9.18 Å². The van der Waals surface area contributed by atoms with Crippen molar-refractivity contribution >= 4 is 34.0 Å². The SMILES string of the molecule is Cc1sc(NC(=O)CCCCl)nc1-c1ccc(F)cc1. The van der Waals surface area contributed by atoms with Gasteiger partial charge in [0.1, 0.15) is 5.82 Å². The summed E-state index contributed by atoms with van der Waals surface area (Å²) < 4.78 is 12.9. The van der Waals surface area contributed by atoms with E-state index in [2.05, 4.69) is 10.3 Å². The van der Waals surface area contributed by atoms with Gasteiger partial charge in [-0.3, -0.25) is 4.79 Å². The Morgan fingerprint density at radius 1 is 1.40 bits per heavy atom. The molecular formula is C14H14ClFN2OS. The van der Waals surface area contributed by atoms with Crippen molar-refractivity contribution in [1.29, 1.82) is 0 Å². The van der Waals surface area contributed by atoms with Gasteiger partial charge in [0.05, 0.1) is 5.69 Å². The molecule has 3 nitrogen and oxygen atoms in total. The van der Waals surface area contributed by atoms with E-state index in [4.69, 9.17) is 11.6 Å². The average molecular weight is 313 g/mol. The highest BCUT2D eigenvalue weighted by atomic mass is 35.5. The first-order valence-corrected chi connectivity index (χ1v) is 7.54. The summed E-state index contributed by atoms with van der Waals surface area (Å²) >= 11 is 6.95. The van der Waals surface area contributed by atoms with Crippen molar-refractivity contribution in [3.05, 3.63) is 35.0 Å². The molecule has 2 rings (SSSR count). The normalized spacial score (nSPS) is 10.6. The minimum atomic E-state index is -0.281. The summed E-state index contributed by atoms with van der Waals surface area (Å²) in [5, 5.41) is 3.31. The monoisotopic (exact) mass is 312 g/mol. The first-order chi connectivity index (χ1) is 9.60. The number of nitrogens with zero attached hydrogens (tertiary/aromatic N) is 1. The van der Waals surface area contributed by atoms with Gasteiger partial charge in [0.15, 0.2) is 5.13 Å². The van der Waals surface area contributed by atoms with E-state index >= 15 is 0 Å². The smallest absolute Gasteiger partial charge is 0.226 e. The summed E-state index contributed by atoms with van der Waals surface area (Å²) in [5.41, 5.74) is 1.60. The molecule has 0 unspecified atom stereocenters. The predicted octanol–water partition coefficient (Wildman–Crippen LogP) is 4.22. The second-order valence-corrected chi connectivity index (χ2v) is 5.85. The molecule has 0 aliphatic heterocycles. The lowest BCUT2D eigenvalue weighted by Gasteiger charge is -1.99. The number of amides is 1. The molecule has 1 aromatic carbocycles. The number of benzene rings is 1. The number of thiazole rings is 1. The minimum Gasteiger partial charge on any atom is -0.302 e. The summed E-state index contributed by atoms with van der Waals surface area (Å²) in [6, 6.07) is 6.15. The number of alkyl halides is 1. The Labute approximate surface area is 125 Å². The molecule has 0 atom stereocenters. The highest BCUT2D eigenvalue weighted by molar-refractivity contribution is 7.16. The third-order valence-electron chi connectivity index (χ3n) is 2.70. The molecule has 20 heavy (non-hydrogen) atoms. The Hall–Kier alpha value is -1.46. The third-order valence-corrected chi connectivity index (χ3v) is 3.85. The number of aryl methyl sites for hydroxylation is 1. The van der Waals surface area contributed by atoms with Crippen LogP contribution in [0.15, 0.2) is 24.3 Å². The number of halogens is 2. The molecule has 1 heterocycles. The Bertz CT molecular complexity index is 598. The van der Waals surface area contributed by atoms with Gasteiger partial charge in [0.25, 0.3) is 0 Å². The number of nitrogens with one attached hydrogen (secondary N) is 1.